The molecule has 0 radical (unpaired) electrons. The van der Waals surface area contributed by atoms with Gasteiger partial charge in [-0.2, -0.15) is 0 Å². The Morgan fingerprint density at radius 2 is 2.11 bits per heavy atom. The average Bonchev–Trinajstić information content (AvgIpc) is 2.90. The van der Waals surface area contributed by atoms with Crippen LogP contribution < -0.4 is 10.2 Å². The van der Waals surface area contributed by atoms with Crippen LogP contribution in [0.5, 0.6) is 0 Å². The van der Waals surface area contributed by atoms with E-state index in [1.54, 1.807) is 0 Å². The fraction of sp³-hybridized carbons (Fsp3) is 0.375. The molecule has 0 aliphatic heterocycles. The van der Waals surface area contributed by atoms with Crippen LogP contribution in [0.15, 0.2) is 35.7 Å². The lowest BCUT2D eigenvalue weighted by atomic mass is 10.1. The van der Waals surface area contributed by atoms with Crippen molar-refractivity contribution >= 4 is 17.0 Å². The van der Waals surface area contributed by atoms with Crippen LogP contribution in [0.1, 0.15) is 22.9 Å². The van der Waals surface area contributed by atoms with Gasteiger partial charge in [0.2, 0.25) is 0 Å². The zero-order chi connectivity index (χ0) is 13.7. The Labute approximate surface area is 120 Å². The molecule has 0 aliphatic carbocycles. The zero-order valence-corrected chi connectivity index (χ0v) is 12.8. The van der Waals surface area contributed by atoms with E-state index in [1.165, 1.54) is 21.7 Å². The van der Waals surface area contributed by atoms with Crippen molar-refractivity contribution in [3.63, 3.8) is 0 Å². The molecule has 0 aliphatic rings. The van der Waals surface area contributed by atoms with Crippen molar-refractivity contribution in [3.05, 3.63) is 51.7 Å². The first-order chi connectivity index (χ1) is 9.24. The standard InChI is InChI=1S/C16H22N2S/c1-4-18(12-15-6-5-9-19-15)16-8-7-14(11-17-3)10-13(16)2/h5-10,17H,4,11-12H2,1-3H3. The lowest BCUT2D eigenvalue weighted by Gasteiger charge is -2.25. The molecule has 0 bridgehead atoms. The van der Waals surface area contributed by atoms with Gasteiger partial charge in [0.05, 0.1) is 6.54 Å². The van der Waals surface area contributed by atoms with Crippen molar-refractivity contribution < 1.29 is 0 Å². The fourth-order valence-electron chi connectivity index (χ4n) is 2.34. The molecule has 1 N–H and O–H groups in total. The van der Waals surface area contributed by atoms with Crippen molar-refractivity contribution in [3.8, 4) is 0 Å². The summed E-state index contributed by atoms with van der Waals surface area (Å²) in [6.07, 6.45) is 0. The van der Waals surface area contributed by atoms with Crippen molar-refractivity contribution in [2.45, 2.75) is 26.9 Å². The van der Waals surface area contributed by atoms with Gasteiger partial charge < -0.3 is 10.2 Å². The number of hydrogen-bond donors (Lipinski definition) is 1. The third-order valence-electron chi connectivity index (χ3n) is 3.29. The van der Waals surface area contributed by atoms with Crippen molar-refractivity contribution in [1.29, 1.82) is 0 Å². The monoisotopic (exact) mass is 274 g/mol. The minimum Gasteiger partial charge on any atom is -0.366 e. The summed E-state index contributed by atoms with van der Waals surface area (Å²) < 4.78 is 0. The van der Waals surface area contributed by atoms with Crippen LogP contribution in [-0.2, 0) is 13.1 Å². The van der Waals surface area contributed by atoms with Gasteiger partial charge in [-0.1, -0.05) is 18.2 Å². The van der Waals surface area contributed by atoms with Gasteiger partial charge in [-0.05, 0) is 49.5 Å². The second-order valence-electron chi connectivity index (χ2n) is 4.74. The summed E-state index contributed by atoms with van der Waals surface area (Å²) in [5, 5.41) is 5.34. The second-order valence-corrected chi connectivity index (χ2v) is 5.78. The molecular weight excluding hydrogens is 252 g/mol. The zero-order valence-electron chi connectivity index (χ0n) is 11.9. The van der Waals surface area contributed by atoms with Crippen molar-refractivity contribution in [2.24, 2.45) is 0 Å². The number of rotatable bonds is 6. The predicted molar refractivity (Wildman–Crippen MR) is 85.0 cm³/mol. The number of aryl methyl sites for hydroxylation is 1. The van der Waals surface area contributed by atoms with E-state index in [9.17, 15) is 0 Å². The number of nitrogens with zero attached hydrogens (tertiary/aromatic N) is 1. The molecule has 1 heterocycles. The van der Waals surface area contributed by atoms with E-state index in [2.05, 4.69) is 59.8 Å². The van der Waals surface area contributed by atoms with Crippen LogP contribution in [0.4, 0.5) is 5.69 Å². The SMILES string of the molecule is CCN(Cc1cccs1)c1ccc(CNC)cc1C. The maximum Gasteiger partial charge on any atom is 0.0522 e. The summed E-state index contributed by atoms with van der Waals surface area (Å²) >= 11 is 1.83. The first-order valence-corrected chi connectivity index (χ1v) is 7.64. The maximum absolute atomic E-state index is 3.20. The van der Waals surface area contributed by atoms with Gasteiger partial charge in [0.1, 0.15) is 0 Å². The summed E-state index contributed by atoms with van der Waals surface area (Å²) in [5.74, 6) is 0. The predicted octanol–water partition coefficient (Wildman–Crippen LogP) is 3.80. The molecule has 0 saturated heterocycles. The Morgan fingerprint density at radius 1 is 1.26 bits per heavy atom. The minimum absolute atomic E-state index is 0.929. The molecule has 19 heavy (non-hydrogen) atoms. The minimum atomic E-state index is 0.929. The molecule has 0 fully saturated rings. The summed E-state index contributed by atoms with van der Waals surface area (Å²) in [6, 6.07) is 11.1. The van der Waals surface area contributed by atoms with E-state index in [1.807, 2.05) is 18.4 Å². The van der Waals surface area contributed by atoms with E-state index >= 15 is 0 Å². The molecule has 1 aromatic heterocycles. The molecule has 0 spiro atoms. The number of anilines is 1. The van der Waals surface area contributed by atoms with Crippen LogP contribution >= 0.6 is 11.3 Å². The van der Waals surface area contributed by atoms with E-state index < -0.39 is 0 Å². The van der Waals surface area contributed by atoms with Crippen LogP contribution in [-0.4, -0.2) is 13.6 Å². The van der Waals surface area contributed by atoms with Gasteiger partial charge in [0, 0.05) is 23.7 Å². The lowest BCUT2D eigenvalue weighted by Crippen LogP contribution is -2.22. The smallest absolute Gasteiger partial charge is 0.0522 e. The number of benzene rings is 1. The summed E-state index contributed by atoms with van der Waals surface area (Å²) in [4.78, 5) is 3.85. The van der Waals surface area contributed by atoms with E-state index in [0.29, 0.717) is 0 Å². The normalized spacial score (nSPS) is 10.7. The molecule has 1 aromatic carbocycles. The van der Waals surface area contributed by atoms with Crippen LogP contribution in [0.2, 0.25) is 0 Å². The van der Waals surface area contributed by atoms with Gasteiger partial charge in [0.25, 0.3) is 0 Å². The molecule has 0 unspecified atom stereocenters. The Morgan fingerprint density at radius 3 is 2.68 bits per heavy atom. The van der Waals surface area contributed by atoms with E-state index in [-0.39, 0.29) is 0 Å². The third-order valence-corrected chi connectivity index (χ3v) is 4.15. The van der Waals surface area contributed by atoms with Gasteiger partial charge in [-0.3, -0.25) is 0 Å². The molecule has 3 heteroatoms. The number of hydrogen-bond acceptors (Lipinski definition) is 3. The van der Waals surface area contributed by atoms with E-state index in [4.69, 9.17) is 0 Å². The summed E-state index contributed by atoms with van der Waals surface area (Å²) in [5.41, 5.74) is 4.04. The highest BCUT2D eigenvalue weighted by Crippen LogP contribution is 2.24. The lowest BCUT2D eigenvalue weighted by molar-refractivity contribution is 0.811. The highest BCUT2D eigenvalue weighted by atomic mass is 32.1. The topological polar surface area (TPSA) is 15.3 Å². The third kappa shape index (κ3) is 3.58. The largest absolute Gasteiger partial charge is 0.366 e. The molecule has 0 amide bonds. The Hall–Kier alpha value is -1.32. The molecule has 2 rings (SSSR count). The first kappa shape index (κ1) is 14.1. The molecule has 0 atom stereocenters. The van der Waals surface area contributed by atoms with Gasteiger partial charge >= 0.3 is 0 Å². The quantitative estimate of drug-likeness (QED) is 0.862. The Bertz CT molecular complexity index is 505. The molecule has 0 saturated carbocycles. The summed E-state index contributed by atoms with van der Waals surface area (Å²) in [6.45, 7) is 7.38. The average molecular weight is 274 g/mol. The van der Waals surface area contributed by atoms with E-state index in [0.717, 1.165) is 19.6 Å². The highest BCUT2D eigenvalue weighted by molar-refractivity contribution is 7.09. The summed E-state index contributed by atoms with van der Waals surface area (Å²) in [7, 11) is 1.98. The first-order valence-electron chi connectivity index (χ1n) is 6.76. The van der Waals surface area contributed by atoms with Crippen molar-refractivity contribution in [1.82, 2.24) is 5.32 Å². The molecular formula is C16H22N2S. The Balaban J connectivity index is 2.18. The maximum atomic E-state index is 3.20. The number of thiophene rings is 1. The second kappa shape index (κ2) is 6.73. The van der Waals surface area contributed by atoms with Gasteiger partial charge in [-0.15, -0.1) is 11.3 Å². The van der Waals surface area contributed by atoms with Gasteiger partial charge in [-0.25, -0.2) is 0 Å². The van der Waals surface area contributed by atoms with Crippen LogP contribution in [0, 0.1) is 6.92 Å². The molecule has 102 valence electrons. The van der Waals surface area contributed by atoms with Gasteiger partial charge in [0.15, 0.2) is 0 Å². The fourth-order valence-corrected chi connectivity index (χ4v) is 3.06. The Kier molecular flexibility index (Phi) is 5.00. The van der Waals surface area contributed by atoms with Crippen molar-refractivity contribution in [2.75, 3.05) is 18.5 Å². The van der Waals surface area contributed by atoms with Crippen LogP contribution in [0.3, 0.4) is 0 Å². The number of nitrogens with one attached hydrogen (secondary N) is 1. The van der Waals surface area contributed by atoms with Crippen LogP contribution in [0.25, 0.3) is 0 Å². The molecule has 2 aromatic rings. The highest BCUT2D eigenvalue weighted by Gasteiger charge is 2.09. The molecule has 2 nitrogen and oxygen atoms in total.